The fraction of sp³-hybridized carbons (Fsp3) is 0.231. The van der Waals surface area contributed by atoms with E-state index in [1.54, 1.807) is 41.9 Å². The van der Waals surface area contributed by atoms with Crippen LogP contribution in [0, 0.1) is 0 Å². The number of nitrogens with zero attached hydrogens (tertiary/aromatic N) is 2. The lowest BCUT2D eigenvalue weighted by Gasteiger charge is -2.15. The Morgan fingerprint density at radius 3 is 2.26 bits per heavy atom. The highest BCUT2D eigenvalue weighted by molar-refractivity contribution is 8.00. The Hall–Kier alpha value is -3.23. The molecule has 0 radical (unpaired) electrons. The van der Waals surface area contributed by atoms with Crippen LogP contribution in [0.3, 0.4) is 0 Å². The Labute approximate surface area is 207 Å². The van der Waals surface area contributed by atoms with Gasteiger partial charge in [-0.2, -0.15) is 0 Å². The fourth-order valence-corrected chi connectivity index (χ4v) is 5.60. The minimum Gasteiger partial charge on any atom is -0.326 e. The molecule has 2 amide bonds. The van der Waals surface area contributed by atoms with E-state index >= 15 is 0 Å². The van der Waals surface area contributed by atoms with E-state index < -0.39 is 0 Å². The molecule has 1 atom stereocenters. The number of thiophene rings is 1. The number of aromatic nitrogens is 2. The van der Waals surface area contributed by atoms with Gasteiger partial charge in [0.2, 0.25) is 11.8 Å². The number of thioether (sulfide) groups is 1. The molecule has 1 unspecified atom stereocenters. The van der Waals surface area contributed by atoms with Crippen LogP contribution in [-0.4, -0.2) is 27.0 Å². The maximum absolute atomic E-state index is 13.1. The lowest BCUT2D eigenvalue weighted by molar-refractivity contribution is -0.116. The van der Waals surface area contributed by atoms with Crippen molar-refractivity contribution in [3.05, 3.63) is 65.8 Å². The second kappa shape index (κ2) is 10.8. The number of carbonyl (C=O) groups is 2. The quantitative estimate of drug-likeness (QED) is 0.221. The molecule has 174 valence electrons. The summed E-state index contributed by atoms with van der Waals surface area (Å²) in [6.07, 6.45) is 3.21. The molecule has 0 aliphatic rings. The van der Waals surface area contributed by atoms with E-state index in [0.717, 1.165) is 32.8 Å². The predicted octanol–water partition coefficient (Wildman–Crippen LogP) is 6.39. The van der Waals surface area contributed by atoms with Crippen LogP contribution in [0.15, 0.2) is 65.3 Å². The topological polar surface area (TPSA) is 84.0 Å². The summed E-state index contributed by atoms with van der Waals surface area (Å²) in [4.78, 5) is 34.2. The lowest BCUT2D eigenvalue weighted by Crippen LogP contribution is -2.24. The third-order valence-corrected chi connectivity index (χ3v) is 7.65. The van der Waals surface area contributed by atoms with Crippen LogP contribution in [0.2, 0.25) is 0 Å². The van der Waals surface area contributed by atoms with Gasteiger partial charge in [0.25, 0.3) is 0 Å². The molecule has 34 heavy (non-hydrogen) atoms. The molecule has 0 bridgehead atoms. The van der Waals surface area contributed by atoms with Gasteiger partial charge < -0.3 is 10.6 Å². The Bertz CT molecular complexity index is 1300. The van der Waals surface area contributed by atoms with Crippen LogP contribution in [0.4, 0.5) is 11.4 Å². The molecule has 0 saturated carbocycles. The first kappa shape index (κ1) is 23.9. The van der Waals surface area contributed by atoms with Gasteiger partial charge in [0.1, 0.15) is 16.2 Å². The van der Waals surface area contributed by atoms with Crippen molar-refractivity contribution in [3.63, 3.8) is 0 Å². The molecule has 2 aromatic carbocycles. The van der Waals surface area contributed by atoms with Crippen LogP contribution in [0.5, 0.6) is 0 Å². The Balaban J connectivity index is 1.56. The highest BCUT2D eigenvalue weighted by Gasteiger charge is 2.22. The maximum atomic E-state index is 13.1. The van der Waals surface area contributed by atoms with Crippen LogP contribution >= 0.6 is 23.1 Å². The zero-order chi connectivity index (χ0) is 24.1. The number of hydrogen-bond acceptors (Lipinski definition) is 6. The third kappa shape index (κ3) is 5.46. The van der Waals surface area contributed by atoms with Gasteiger partial charge >= 0.3 is 0 Å². The van der Waals surface area contributed by atoms with Gasteiger partial charge in [0.15, 0.2) is 0 Å². The molecule has 2 aromatic heterocycles. The number of nitrogens with one attached hydrogen (secondary N) is 2. The van der Waals surface area contributed by atoms with E-state index in [2.05, 4.69) is 57.2 Å². The van der Waals surface area contributed by atoms with Crippen LogP contribution in [0.1, 0.15) is 32.8 Å². The smallest absolute Gasteiger partial charge is 0.237 e. The zero-order valence-electron chi connectivity index (χ0n) is 19.3. The van der Waals surface area contributed by atoms with Crippen LogP contribution in [-0.2, 0) is 16.0 Å². The van der Waals surface area contributed by atoms with Gasteiger partial charge in [-0.1, -0.05) is 49.9 Å². The summed E-state index contributed by atoms with van der Waals surface area (Å²) in [7, 11) is 0. The Kier molecular flexibility index (Phi) is 7.59. The van der Waals surface area contributed by atoms with Gasteiger partial charge in [0, 0.05) is 29.2 Å². The van der Waals surface area contributed by atoms with Crippen molar-refractivity contribution in [1.82, 2.24) is 9.97 Å². The van der Waals surface area contributed by atoms with Gasteiger partial charge in [-0.25, -0.2) is 9.97 Å². The van der Waals surface area contributed by atoms with Crippen molar-refractivity contribution in [3.8, 4) is 11.1 Å². The molecule has 0 fully saturated rings. The van der Waals surface area contributed by atoms with E-state index in [4.69, 9.17) is 0 Å². The number of aryl methyl sites for hydroxylation is 1. The molecule has 2 heterocycles. The summed E-state index contributed by atoms with van der Waals surface area (Å²) in [5.74, 6) is -0.222. The molecule has 0 aliphatic heterocycles. The van der Waals surface area contributed by atoms with Crippen molar-refractivity contribution in [2.24, 2.45) is 0 Å². The minimum absolute atomic E-state index is 0.0874. The molecule has 4 rings (SSSR count). The van der Waals surface area contributed by atoms with Crippen LogP contribution < -0.4 is 10.6 Å². The minimum atomic E-state index is -0.316. The van der Waals surface area contributed by atoms with Crippen molar-refractivity contribution in [2.75, 3.05) is 10.6 Å². The van der Waals surface area contributed by atoms with E-state index in [0.29, 0.717) is 17.8 Å². The van der Waals surface area contributed by atoms with Crippen molar-refractivity contribution >= 4 is 56.5 Å². The summed E-state index contributed by atoms with van der Waals surface area (Å²) in [6.45, 7) is 5.60. The normalized spacial score (nSPS) is 11.9. The fourth-order valence-electron chi connectivity index (χ4n) is 3.59. The van der Waals surface area contributed by atoms with Gasteiger partial charge in [-0.15, -0.1) is 11.3 Å². The Morgan fingerprint density at radius 2 is 1.65 bits per heavy atom. The third-order valence-electron chi connectivity index (χ3n) is 5.40. The molecule has 4 aromatic rings. The van der Waals surface area contributed by atoms with E-state index in [1.807, 2.05) is 6.92 Å². The number of hydrogen-bond donors (Lipinski definition) is 2. The number of carbonyl (C=O) groups excluding carboxylic acids is 2. The van der Waals surface area contributed by atoms with Gasteiger partial charge in [0.05, 0.1) is 10.6 Å². The standard InChI is InChI=1S/C26H26N4O2S2/c1-4-17-6-8-18(9-7-17)21-14-33-25-23(21)26(28-15-27-25)34-22(5-2)24(32)30-20-12-10-19(11-13-20)29-16(3)31/h6-15,22H,4-5H2,1-3H3,(H,29,31)(H,30,32). The lowest BCUT2D eigenvalue weighted by atomic mass is 10.0. The van der Waals surface area contributed by atoms with Gasteiger partial charge in [-0.05, 0) is 48.2 Å². The zero-order valence-corrected chi connectivity index (χ0v) is 20.9. The molecule has 6 nitrogen and oxygen atoms in total. The number of anilines is 2. The van der Waals surface area contributed by atoms with E-state index in [9.17, 15) is 9.59 Å². The van der Waals surface area contributed by atoms with E-state index in [-0.39, 0.29) is 17.1 Å². The number of fused-ring (bicyclic) bond motifs is 1. The molecule has 0 aliphatic carbocycles. The first-order valence-corrected chi connectivity index (χ1v) is 12.9. The number of benzene rings is 2. The molecular weight excluding hydrogens is 464 g/mol. The average Bonchev–Trinajstić information content (AvgIpc) is 3.28. The molecule has 0 saturated heterocycles. The average molecular weight is 491 g/mol. The summed E-state index contributed by atoms with van der Waals surface area (Å²) in [6, 6.07) is 15.7. The van der Waals surface area contributed by atoms with Crippen molar-refractivity contribution < 1.29 is 9.59 Å². The molecule has 0 spiro atoms. The second-order valence-corrected chi connectivity index (χ2v) is 9.87. The first-order chi connectivity index (χ1) is 16.5. The highest BCUT2D eigenvalue weighted by Crippen LogP contribution is 2.39. The summed E-state index contributed by atoms with van der Waals surface area (Å²) < 4.78 is 0. The summed E-state index contributed by atoms with van der Waals surface area (Å²) in [5.41, 5.74) is 4.87. The molecule has 8 heteroatoms. The summed E-state index contributed by atoms with van der Waals surface area (Å²) in [5, 5.41) is 9.30. The molecular formula is C26H26N4O2S2. The van der Waals surface area contributed by atoms with Gasteiger partial charge in [-0.3, -0.25) is 9.59 Å². The Morgan fingerprint density at radius 1 is 0.971 bits per heavy atom. The largest absolute Gasteiger partial charge is 0.326 e. The SMILES string of the molecule is CCc1ccc(-c2csc3ncnc(SC(CC)C(=O)Nc4ccc(NC(C)=O)cc4)c23)cc1. The van der Waals surface area contributed by atoms with Crippen molar-refractivity contribution in [2.45, 2.75) is 43.9 Å². The highest BCUT2D eigenvalue weighted by atomic mass is 32.2. The number of rotatable bonds is 8. The molecule has 2 N–H and O–H groups in total. The van der Waals surface area contributed by atoms with Crippen LogP contribution in [0.25, 0.3) is 21.3 Å². The maximum Gasteiger partial charge on any atom is 0.237 e. The monoisotopic (exact) mass is 490 g/mol. The summed E-state index contributed by atoms with van der Waals surface area (Å²) >= 11 is 3.05. The van der Waals surface area contributed by atoms with Crippen molar-refractivity contribution in [1.29, 1.82) is 0 Å². The predicted molar refractivity (Wildman–Crippen MR) is 142 cm³/mol. The number of amides is 2. The second-order valence-electron chi connectivity index (χ2n) is 7.82. The first-order valence-electron chi connectivity index (χ1n) is 11.1. The van der Waals surface area contributed by atoms with E-state index in [1.165, 1.54) is 24.2 Å².